The molecule has 8 nitrogen and oxygen atoms in total. The van der Waals surface area contributed by atoms with Gasteiger partial charge < -0.3 is 20.7 Å². The number of amides is 2. The van der Waals surface area contributed by atoms with Crippen LogP contribution < -0.4 is 16.0 Å². The Hall–Kier alpha value is -2.94. The van der Waals surface area contributed by atoms with Crippen LogP contribution in [-0.2, 0) is 14.3 Å². The van der Waals surface area contributed by atoms with Gasteiger partial charge in [-0.05, 0) is 43.1 Å². The summed E-state index contributed by atoms with van der Waals surface area (Å²) in [5.74, 6) is -1.09. The largest absolute Gasteiger partial charge is 0.452 e. The third-order valence-corrected chi connectivity index (χ3v) is 4.71. The molecule has 2 amide bonds. The lowest BCUT2D eigenvalue weighted by atomic mass is 10.2. The Labute approximate surface area is 154 Å². The quantitative estimate of drug-likeness (QED) is 0.773. The molecule has 9 heteroatoms. The van der Waals surface area contributed by atoms with Crippen molar-refractivity contribution < 1.29 is 19.1 Å². The van der Waals surface area contributed by atoms with Gasteiger partial charge >= 0.3 is 5.97 Å². The van der Waals surface area contributed by atoms with E-state index in [9.17, 15) is 14.4 Å². The van der Waals surface area contributed by atoms with Crippen LogP contribution in [0.4, 0.5) is 16.4 Å². The lowest BCUT2D eigenvalue weighted by Gasteiger charge is -2.16. The molecule has 1 aliphatic heterocycles. The summed E-state index contributed by atoms with van der Waals surface area (Å²) in [5.41, 5.74) is 7.60. The molecule has 0 spiro atoms. The predicted molar refractivity (Wildman–Crippen MR) is 98.2 cm³/mol. The summed E-state index contributed by atoms with van der Waals surface area (Å²) in [7, 11) is 0. The van der Waals surface area contributed by atoms with E-state index in [0.717, 1.165) is 23.6 Å². The maximum Gasteiger partial charge on any atom is 0.343 e. The van der Waals surface area contributed by atoms with E-state index in [1.165, 1.54) is 0 Å². The van der Waals surface area contributed by atoms with E-state index in [1.54, 1.807) is 30.0 Å². The molecule has 2 heterocycles. The Morgan fingerprint density at radius 2 is 2.23 bits per heavy atom. The zero-order valence-corrected chi connectivity index (χ0v) is 15.0. The Kier molecular flexibility index (Phi) is 5.17. The average molecular weight is 374 g/mol. The van der Waals surface area contributed by atoms with Crippen molar-refractivity contribution in [3.8, 4) is 0 Å². The number of aryl methyl sites for hydroxylation is 1. The number of nitrogens with one attached hydrogen (secondary N) is 1. The van der Waals surface area contributed by atoms with E-state index in [-0.39, 0.29) is 16.5 Å². The summed E-state index contributed by atoms with van der Waals surface area (Å²) in [6, 6.07) is 6.99. The predicted octanol–water partition coefficient (Wildman–Crippen LogP) is 1.96. The minimum Gasteiger partial charge on any atom is -0.452 e. The second-order valence-corrected chi connectivity index (χ2v) is 6.64. The number of hydrogen-bond donors (Lipinski definition) is 2. The molecule has 0 unspecified atom stereocenters. The Balaban J connectivity index is 1.58. The number of nitrogens with two attached hydrogens (primary N) is 1. The highest BCUT2D eigenvalue weighted by Gasteiger charge is 2.22. The fraction of sp³-hybridized carbons (Fsp3) is 0.294. The number of carbonyl (C=O) groups excluding carboxylic acids is 3. The zero-order valence-electron chi connectivity index (χ0n) is 14.2. The van der Waals surface area contributed by atoms with E-state index in [4.69, 9.17) is 10.5 Å². The summed E-state index contributed by atoms with van der Waals surface area (Å²) >= 11 is 1.00. The summed E-state index contributed by atoms with van der Waals surface area (Å²) < 4.78 is 8.97. The molecule has 3 N–H and O–H groups in total. The Morgan fingerprint density at radius 3 is 2.88 bits per heavy atom. The third kappa shape index (κ3) is 3.83. The second kappa shape index (κ2) is 7.52. The van der Waals surface area contributed by atoms with Gasteiger partial charge in [0.1, 0.15) is 10.6 Å². The van der Waals surface area contributed by atoms with Crippen LogP contribution in [0.5, 0.6) is 0 Å². The summed E-state index contributed by atoms with van der Waals surface area (Å²) in [6.45, 7) is 1.87. The summed E-state index contributed by atoms with van der Waals surface area (Å²) in [5, 5.41) is 2.91. The van der Waals surface area contributed by atoms with Crippen LogP contribution in [0.15, 0.2) is 24.3 Å². The van der Waals surface area contributed by atoms with Crippen molar-refractivity contribution >= 4 is 45.7 Å². The van der Waals surface area contributed by atoms with Crippen molar-refractivity contribution in [3.63, 3.8) is 0 Å². The van der Waals surface area contributed by atoms with E-state index >= 15 is 0 Å². The molecule has 0 bridgehead atoms. The number of esters is 1. The normalized spacial score (nSPS) is 13.7. The van der Waals surface area contributed by atoms with E-state index in [2.05, 4.69) is 9.69 Å². The molecule has 136 valence electrons. The lowest BCUT2D eigenvalue weighted by Crippen LogP contribution is -2.24. The van der Waals surface area contributed by atoms with Crippen molar-refractivity contribution in [3.05, 3.63) is 35.5 Å². The number of hydrogen-bond acceptors (Lipinski definition) is 7. The molecular formula is C17H18N4O4S. The first-order valence-corrected chi connectivity index (χ1v) is 8.82. The molecule has 1 aromatic carbocycles. The van der Waals surface area contributed by atoms with Crippen molar-refractivity contribution in [1.29, 1.82) is 0 Å². The highest BCUT2D eigenvalue weighted by molar-refractivity contribution is 7.10. The first-order chi connectivity index (χ1) is 12.5. The summed E-state index contributed by atoms with van der Waals surface area (Å²) in [6.07, 6.45) is 1.36. The molecule has 0 saturated carbocycles. The standard InChI is InChI=1S/C17H18N4O4S/c1-10-15(16(18)26-20-10)17(24)25-9-13(22)19-11-4-2-5-12(8-11)21-7-3-6-14(21)23/h2,4-5,8H,3,6-7,9,18H2,1H3,(H,19,22). The van der Waals surface area contributed by atoms with Gasteiger partial charge in [0.05, 0.1) is 5.69 Å². The fourth-order valence-electron chi connectivity index (χ4n) is 2.71. The topological polar surface area (TPSA) is 115 Å². The SMILES string of the molecule is Cc1nsc(N)c1C(=O)OCC(=O)Nc1cccc(N2CCCC2=O)c1. The molecule has 1 saturated heterocycles. The second-order valence-electron chi connectivity index (χ2n) is 5.83. The number of ether oxygens (including phenoxy) is 1. The Bertz CT molecular complexity index is 845. The van der Waals surface area contributed by atoms with Crippen LogP contribution >= 0.6 is 11.5 Å². The van der Waals surface area contributed by atoms with Crippen molar-refractivity contribution in [2.45, 2.75) is 19.8 Å². The number of nitrogens with zero attached hydrogens (tertiary/aromatic N) is 2. The lowest BCUT2D eigenvalue weighted by molar-refractivity contribution is -0.119. The highest BCUT2D eigenvalue weighted by Crippen LogP contribution is 2.24. The van der Waals surface area contributed by atoms with Crippen LogP contribution in [0.25, 0.3) is 0 Å². The summed E-state index contributed by atoms with van der Waals surface area (Å²) in [4.78, 5) is 37.6. The molecule has 1 aromatic heterocycles. The zero-order chi connectivity index (χ0) is 18.7. The number of rotatable bonds is 5. The maximum absolute atomic E-state index is 12.0. The van der Waals surface area contributed by atoms with Gasteiger partial charge in [-0.2, -0.15) is 4.37 Å². The molecule has 2 aromatic rings. The molecule has 0 atom stereocenters. The van der Waals surface area contributed by atoms with Crippen molar-refractivity contribution in [2.24, 2.45) is 0 Å². The van der Waals surface area contributed by atoms with E-state index < -0.39 is 18.5 Å². The molecule has 3 rings (SSSR count). The van der Waals surface area contributed by atoms with Crippen LogP contribution in [0.3, 0.4) is 0 Å². The molecular weight excluding hydrogens is 356 g/mol. The Morgan fingerprint density at radius 1 is 1.42 bits per heavy atom. The van der Waals surface area contributed by atoms with Gasteiger partial charge in [-0.25, -0.2) is 4.79 Å². The smallest absolute Gasteiger partial charge is 0.343 e. The van der Waals surface area contributed by atoms with Gasteiger partial charge in [-0.15, -0.1) is 0 Å². The maximum atomic E-state index is 12.0. The van der Waals surface area contributed by atoms with E-state index in [1.807, 2.05) is 6.07 Å². The first kappa shape index (κ1) is 17.9. The molecule has 0 aliphatic carbocycles. The average Bonchev–Trinajstić information content (AvgIpc) is 3.18. The van der Waals surface area contributed by atoms with Crippen LogP contribution in [0.2, 0.25) is 0 Å². The van der Waals surface area contributed by atoms with Crippen molar-refractivity contribution in [1.82, 2.24) is 4.37 Å². The van der Waals surface area contributed by atoms with Gasteiger partial charge in [-0.1, -0.05) is 6.07 Å². The molecule has 0 radical (unpaired) electrons. The number of nitrogen functional groups attached to an aromatic ring is 1. The first-order valence-electron chi connectivity index (χ1n) is 8.05. The number of benzene rings is 1. The van der Waals surface area contributed by atoms with Crippen LogP contribution in [-0.4, -0.2) is 35.3 Å². The monoisotopic (exact) mass is 374 g/mol. The van der Waals surface area contributed by atoms with Gasteiger partial charge in [0.25, 0.3) is 5.91 Å². The molecule has 1 aliphatic rings. The van der Waals surface area contributed by atoms with Gasteiger partial charge in [0.15, 0.2) is 6.61 Å². The number of aromatic nitrogens is 1. The van der Waals surface area contributed by atoms with Crippen molar-refractivity contribution in [2.75, 3.05) is 29.1 Å². The van der Waals surface area contributed by atoms with Crippen LogP contribution in [0, 0.1) is 6.92 Å². The minimum absolute atomic E-state index is 0.0692. The molecule has 1 fully saturated rings. The van der Waals surface area contributed by atoms with Crippen LogP contribution in [0.1, 0.15) is 28.9 Å². The minimum atomic E-state index is -0.680. The third-order valence-electron chi connectivity index (χ3n) is 3.94. The van der Waals surface area contributed by atoms with Gasteiger partial charge in [0.2, 0.25) is 5.91 Å². The highest BCUT2D eigenvalue weighted by atomic mass is 32.1. The van der Waals surface area contributed by atoms with E-state index in [0.29, 0.717) is 24.3 Å². The van der Waals surface area contributed by atoms with Gasteiger partial charge in [0, 0.05) is 24.3 Å². The number of carbonyl (C=O) groups is 3. The molecule has 26 heavy (non-hydrogen) atoms. The van der Waals surface area contributed by atoms with Gasteiger partial charge in [-0.3, -0.25) is 9.59 Å². The number of anilines is 3. The fourth-order valence-corrected chi connectivity index (χ4v) is 3.36.